The molecule has 0 fully saturated rings. The minimum absolute atomic E-state index is 0.191. The molecule has 1 amide bonds. The van der Waals surface area contributed by atoms with Gasteiger partial charge in [-0.25, -0.2) is 0 Å². The molecule has 0 bridgehead atoms. The molecule has 0 heterocycles. The summed E-state index contributed by atoms with van der Waals surface area (Å²) >= 11 is 0. The molecule has 0 aliphatic heterocycles. The summed E-state index contributed by atoms with van der Waals surface area (Å²) in [5.74, 6) is -1.14. The molecule has 1 aromatic carbocycles. The third-order valence-corrected chi connectivity index (χ3v) is 2.68. The number of hydrogen-bond donors (Lipinski definition) is 1. The maximum atomic E-state index is 12.3. The number of hydrogen-bond acceptors (Lipinski definition) is 3. The first-order valence-corrected chi connectivity index (χ1v) is 6.41. The van der Waals surface area contributed by atoms with E-state index in [0.717, 1.165) is 5.56 Å². The molecule has 0 saturated carbocycles. The Kier molecular flexibility index (Phi) is 5.73. The second-order valence-electron chi connectivity index (χ2n) is 5.01. The van der Waals surface area contributed by atoms with Crippen LogP contribution in [0.3, 0.4) is 0 Å². The second-order valence-corrected chi connectivity index (χ2v) is 5.01. The van der Waals surface area contributed by atoms with E-state index in [9.17, 15) is 9.59 Å². The summed E-state index contributed by atoms with van der Waals surface area (Å²) in [5.41, 5.74) is 1.27. The number of nitriles is 1. The number of carboxylic acid groups (broad SMARTS) is 1. The van der Waals surface area contributed by atoms with Crippen molar-refractivity contribution in [2.24, 2.45) is 5.92 Å². The molecule has 5 heteroatoms. The molecule has 0 aliphatic carbocycles. The second kappa shape index (κ2) is 7.29. The van der Waals surface area contributed by atoms with Crippen molar-refractivity contribution in [3.8, 4) is 6.07 Å². The molecule has 0 atom stereocenters. The lowest BCUT2D eigenvalue weighted by Crippen LogP contribution is -2.38. The van der Waals surface area contributed by atoms with E-state index in [1.54, 1.807) is 24.3 Å². The lowest BCUT2D eigenvalue weighted by molar-refractivity contribution is -0.137. The number of rotatable bonds is 6. The first-order valence-electron chi connectivity index (χ1n) is 6.41. The molecule has 0 aromatic heterocycles. The van der Waals surface area contributed by atoms with Crippen LogP contribution in [0.2, 0.25) is 0 Å². The van der Waals surface area contributed by atoms with E-state index >= 15 is 0 Å². The van der Waals surface area contributed by atoms with Crippen molar-refractivity contribution in [1.82, 2.24) is 4.90 Å². The first-order chi connectivity index (χ1) is 9.43. The van der Waals surface area contributed by atoms with Crippen LogP contribution in [0.25, 0.3) is 0 Å². The number of nitrogens with zero attached hydrogens (tertiary/aromatic N) is 2. The van der Waals surface area contributed by atoms with E-state index in [0.29, 0.717) is 18.5 Å². The molecule has 0 unspecified atom stereocenters. The fourth-order valence-electron chi connectivity index (χ4n) is 1.86. The van der Waals surface area contributed by atoms with E-state index in [1.807, 2.05) is 19.9 Å². The maximum Gasteiger partial charge on any atom is 0.323 e. The van der Waals surface area contributed by atoms with E-state index in [1.165, 1.54) is 4.90 Å². The normalized spacial score (nSPS) is 10.1. The van der Waals surface area contributed by atoms with Crippen LogP contribution in [-0.2, 0) is 11.2 Å². The monoisotopic (exact) mass is 274 g/mol. The molecule has 20 heavy (non-hydrogen) atoms. The van der Waals surface area contributed by atoms with Crippen LogP contribution in [-0.4, -0.2) is 35.0 Å². The Morgan fingerprint density at radius 3 is 2.35 bits per heavy atom. The van der Waals surface area contributed by atoms with E-state index in [4.69, 9.17) is 10.4 Å². The van der Waals surface area contributed by atoms with Crippen LogP contribution in [0.4, 0.5) is 0 Å². The van der Waals surface area contributed by atoms with Crippen LogP contribution < -0.4 is 0 Å². The molecular weight excluding hydrogens is 256 g/mol. The van der Waals surface area contributed by atoms with Crippen LogP contribution >= 0.6 is 0 Å². The molecule has 1 N–H and O–H groups in total. The first kappa shape index (κ1) is 15.7. The summed E-state index contributed by atoms with van der Waals surface area (Å²) in [6, 6.07) is 8.72. The zero-order chi connectivity index (χ0) is 15.1. The van der Waals surface area contributed by atoms with E-state index in [-0.39, 0.29) is 18.4 Å². The van der Waals surface area contributed by atoms with Gasteiger partial charge in [0.15, 0.2) is 0 Å². The quantitative estimate of drug-likeness (QED) is 0.859. The molecule has 1 aromatic rings. The molecule has 0 spiro atoms. The number of carbonyl (C=O) groups is 2. The average molecular weight is 274 g/mol. The molecular formula is C15H18N2O3. The summed E-state index contributed by atoms with van der Waals surface area (Å²) in [7, 11) is 0. The number of benzene rings is 1. The predicted octanol–water partition coefficient (Wildman–Crippen LogP) is 1.94. The Morgan fingerprint density at radius 2 is 1.90 bits per heavy atom. The summed E-state index contributed by atoms with van der Waals surface area (Å²) in [6.45, 7) is 3.94. The van der Waals surface area contributed by atoms with Gasteiger partial charge in [0, 0.05) is 12.1 Å². The maximum absolute atomic E-state index is 12.3. The topological polar surface area (TPSA) is 81.4 Å². The van der Waals surface area contributed by atoms with Gasteiger partial charge in [-0.15, -0.1) is 0 Å². The van der Waals surface area contributed by atoms with Gasteiger partial charge in [0.05, 0.1) is 12.5 Å². The van der Waals surface area contributed by atoms with Crippen LogP contribution in [0.5, 0.6) is 0 Å². The number of aliphatic carboxylic acids is 1. The Balaban J connectivity index is 2.87. The molecule has 5 nitrogen and oxygen atoms in total. The molecule has 1 rings (SSSR count). The number of carbonyl (C=O) groups excluding carboxylic acids is 1. The van der Waals surface area contributed by atoms with Crippen molar-refractivity contribution in [2.45, 2.75) is 20.3 Å². The third-order valence-electron chi connectivity index (χ3n) is 2.68. The van der Waals surface area contributed by atoms with Crippen molar-refractivity contribution in [1.29, 1.82) is 5.26 Å². The highest BCUT2D eigenvalue weighted by molar-refractivity contribution is 5.95. The van der Waals surface area contributed by atoms with Crippen molar-refractivity contribution >= 4 is 11.9 Å². The molecule has 0 aliphatic rings. The van der Waals surface area contributed by atoms with E-state index < -0.39 is 5.97 Å². The van der Waals surface area contributed by atoms with Crippen molar-refractivity contribution < 1.29 is 14.7 Å². The SMILES string of the molecule is CC(C)CN(CC(=O)O)C(=O)c1ccc(CC#N)cc1. The number of carboxylic acids is 1. The fraction of sp³-hybridized carbons (Fsp3) is 0.400. The Hall–Kier alpha value is -2.35. The lowest BCUT2D eigenvalue weighted by Gasteiger charge is -2.22. The van der Waals surface area contributed by atoms with Gasteiger partial charge in [-0.05, 0) is 23.6 Å². The minimum Gasteiger partial charge on any atom is -0.480 e. The van der Waals surface area contributed by atoms with Gasteiger partial charge in [-0.1, -0.05) is 26.0 Å². The molecule has 0 saturated heterocycles. The Morgan fingerprint density at radius 1 is 1.30 bits per heavy atom. The zero-order valence-corrected chi connectivity index (χ0v) is 11.7. The Bertz CT molecular complexity index is 515. The smallest absolute Gasteiger partial charge is 0.323 e. The van der Waals surface area contributed by atoms with Crippen LogP contribution in [0, 0.1) is 17.2 Å². The van der Waals surface area contributed by atoms with Gasteiger partial charge in [0.1, 0.15) is 6.54 Å². The highest BCUT2D eigenvalue weighted by atomic mass is 16.4. The van der Waals surface area contributed by atoms with Gasteiger partial charge in [-0.2, -0.15) is 5.26 Å². The summed E-state index contributed by atoms with van der Waals surface area (Å²) in [6.07, 6.45) is 0.291. The highest BCUT2D eigenvalue weighted by Crippen LogP contribution is 2.10. The van der Waals surface area contributed by atoms with Crippen molar-refractivity contribution in [2.75, 3.05) is 13.1 Å². The van der Waals surface area contributed by atoms with Crippen LogP contribution in [0.15, 0.2) is 24.3 Å². The van der Waals surface area contributed by atoms with Gasteiger partial charge in [0.2, 0.25) is 0 Å². The summed E-state index contributed by atoms with van der Waals surface area (Å²) in [4.78, 5) is 24.4. The van der Waals surface area contributed by atoms with Gasteiger partial charge < -0.3 is 10.0 Å². The largest absolute Gasteiger partial charge is 0.480 e. The summed E-state index contributed by atoms with van der Waals surface area (Å²) in [5, 5.41) is 17.5. The van der Waals surface area contributed by atoms with Crippen molar-refractivity contribution in [3.05, 3.63) is 35.4 Å². The molecule has 0 radical (unpaired) electrons. The zero-order valence-electron chi connectivity index (χ0n) is 11.7. The van der Waals surface area contributed by atoms with Gasteiger partial charge in [0.25, 0.3) is 5.91 Å². The predicted molar refractivity (Wildman–Crippen MR) is 74.1 cm³/mol. The Labute approximate surface area is 118 Å². The molecule has 106 valence electrons. The van der Waals surface area contributed by atoms with Gasteiger partial charge in [-0.3, -0.25) is 9.59 Å². The van der Waals surface area contributed by atoms with Gasteiger partial charge >= 0.3 is 5.97 Å². The van der Waals surface area contributed by atoms with Crippen molar-refractivity contribution in [3.63, 3.8) is 0 Å². The summed E-state index contributed by atoms with van der Waals surface area (Å²) < 4.78 is 0. The highest BCUT2D eigenvalue weighted by Gasteiger charge is 2.19. The third kappa shape index (κ3) is 4.73. The number of amides is 1. The van der Waals surface area contributed by atoms with E-state index in [2.05, 4.69) is 0 Å². The fourth-order valence-corrected chi connectivity index (χ4v) is 1.86. The average Bonchev–Trinajstić information content (AvgIpc) is 2.37. The minimum atomic E-state index is -1.03. The standard InChI is InChI=1S/C15H18N2O3/c1-11(2)9-17(10-14(18)19)15(20)13-5-3-12(4-6-13)7-8-16/h3-6,11H,7,9-10H2,1-2H3,(H,18,19). The van der Waals surface area contributed by atoms with Crippen LogP contribution in [0.1, 0.15) is 29.8 Å². The lowest BCUT2D eigenvalue weighted by atomic mass is 10.1.